The summed E-state index contributed by atoms with van der Waals surface area (Å²) >= 11 is 2.77. The lowest BCUT2D eigenvalue weighted by Crippen LogP contribution is -2.05. The van der Waals surface area contributed by atoms with Crippen LogP contribution in [0.2, 0.25) is 0 Å². The monoisotopic (exact) mass is 220 g/mol. The Morgan fingerprint density at radius 3 is 1.54 bits per heavy atom. The highest BCUT2D eigenvalue weighted by molar-refractivity contribution is 8.13. The maximum Gasteiger partial charge on any atom is 0.151 e. The molecule has 0 heterocycles. The molecule has 0 aromatic carbocycles. The highest BCUT2D eigenvalue weighted by Gasteiger charge is 1.94. The molecule has 0 aliphatic rings. The first kappa shape index (κ1) is 12.6. The van der Waals surface area contributed by atoms with Crippen molar-refractivity contribution in [2.45, 2.75) is 19.3 Å². The Balaban J connectivity index is 3.00. The van der Waals surface area contributed by atoms with Crippen LogP contribution in [-0.4, -0.2) is 21.8 Å². The van der Waals surface area contributed by atoms with Gasteiger partial charge in [0.25, 0.3) is 0 Å². The summed E-state index contributed by atoms with van der Waals surface area (Å²) in [5, 5.41) is 14.3. The minimum atomic E-state index is 0.193. The Morgan fingerprint density at radius 1 is 0.846 bits per heavy atom. The van der Waals surface area contributed by atoms with Crippen molar-refractivity contribution in [2.24, 2.45) is 11.5 Å². The van der Waals surface area contributed by atoms with Gasteiger partial charge in [-0.05, 0) is 12.8 Å². The zero-order valence-corrected chi connectivity index (χ0v) is 9.14. The average Bonchev–Trinajstić information content (AvgIpc) is 2.01. The number of amidine groups is 2. The van der Waals surface area contributed by atoms with E-state index in [9.17, 15) is 0 Å². The molecule has 4 nitrogen and oxygen atoms in total. The zero-order chi connectivity index (χ0) is 10.1. The van der Waals surface area contributed by atoms with Gasteiger partial charge in [-0.3, -0.25) is 10.8 Å². The number of unbranched alkanes of at least 4 members (excludes halogenated alkanes) is 2. The molecule has 0 atom stereocenters. The molecule has 0 saturated carbocycles. The van der Waals surface area contributed by atoms with Gasteiger partial charge in [0.1, 0.15) is 0 Å². The fourth-order valence-corrected chi connectivity index (χ4v) is 1.88. The lowest BCUT2D eigenvalue weighted by molar-refractivity contribution is 0.787. The van der Waals surface area contributed by atoms with Gasteiger partial charge in [0.15, 0.2) is 10.3 Å². The van der Waals surface area contributed by atoms with E-state index in [2.05, 4.69) is 0 Å². The van der Waals surface area contributed by atoms with Crippen LogP contribution in [0.5, 0.6) is 0 Å². The topological polar surface area (TPSA) is 99.7 Å². The molecule has 0 aliphatic heterocycles. The molecular formula is C7H16N4S2. The molecule has 6 heteroatoms. The van der Waals surface area contributed by atoms with Gasteiger partial charge < -0.3 is 11.5 Å². The van der Waals surface area contributed by atoms with Crippen molar-refractivity contribution in [3.8, 4) is 0 Å². The number of nitrogens with one attached hydrogen (secondary N) is 2. The lowest BCUT2D eigenvalue weighted by Gasteiger charge is -1.99. The Morgan fingerprint density at radius 2 is 1.23 bits per heavy atom. The van der Waals surface area contributed by atoms with E-state index in [-0.39, 0.29) is 10.3 Å². The van der Waals surface area contributed by atoms with Gasteiger partial charge in [-0.15, -0.1) is 0 Å². The number of thioether (sulfide) groups is 2. The van der Waals surface area contributed by atoms with Crippen LogP contribution in [0.3, 0.4) is 0 Å². The summed E-state index contributed by atoms with van der Waals surface area (Å²) in [5.41, 5.74) is 10.3. The van der Waals surface area contributed by atoms with Crippen LogP contribution in [-0.2, 0) is 0 Å². The molecule has 0 aliphatic carbocycles. The number of hydrogen-bond donors (Lipinski definition) is 4. The van der Waals surface area contributed by atoms with Gasteiger partial charge >= 0.3 is 0 Å². The lowest BCUT2D eigenvalue weighted by atomic mass is 10.3. The van der Waals surface area contributed by atoms with Crippen LogP contribution in [0.4, 0.5) is 0 Å². The molecule has 0 rings (SSSR count). The van der Waals surface area contributed by atoms with Crippen LogP contribution in [0.15, 0.2) is 0 Å². The van der Waals surface area contributed by atoms with Gasteiger partial charge in [0.05, 0.1) is 0 Å². The van der Waals surface area contributed by atoms with Crippen LogP contribution in [0.1, 0.15) is 19.3 Å². The van der Waals surface area contributed by atoms with Gasteiger partial charge in [-0.25, -0.2) is 0 Å². The Kier molecular flexibility index (Phi) is 8.02. The van der Waals surface area contributed by atoms with Gasteiger partial charge in [-0.1, -0.05) is 29.9 Å². The van der Waals surface area contributed by atoms with E-state index >= 15 is 0 Å². The molecule has 76 valence electrons. The number of hydrogen-bond acceptors (Lipinski definition) is 4. The fourth-order valence-electron chi connectivity index (χ4n) is 0.745. The van der Waals surface area contributed by atoms with Crippen molar-refractivity contribution in [2.75, 3.05) is 11.5 Å². The van der Waals surface area contributed by atoms with Crippen molar-refractivity contribution in [1.82, 2.24) is 0 Å². The van der Waals surface area contributed by atoms with Crippen LogP contribution >= 0.6 is 23.5 Å². The van der Waals surface area contributed by atoms with Crippen LogP contribution in [0, 0.1) is 10.8 Å². The summed E-state index contributed by atoms with van der Waals surface area (Å²) in [6.07, 6.45) is 3.26. The third-order valence-electron chi connectivity index (χ3n) is 1.30. The number of nitrogens with two attached hydrogens (primary N) is 2. The first-order valence-electron chi connectivity index (χ1n) is 4.06. The molecule has 0 fully saturated rings. The van der Waals surface area contributed by atoms with E-state index in [4.69, 9.17) is 22.3 Å². The summed E-state index contributed by atoms with van der Waals surface area (Å²) in [6.45, 7) is 0. The van der Waals surface area contributed by atoms with E-state index in [1.54, 1.807) is 0 Å². The summed E-state index contributed by atoms with van der Waals surface area (Å²) in [6, 6.07) is 0. The van der Waals surface area contributed by atoms with Gasteiger partial charge in [0, 0.05) is 11.5 Å². The second-order valence-corrected chi connectivity index (χ2v) is 4.76. The molecule has 6 N–H and O–H groups in total. The first-order valence-corrected chi connectivity index (χ1v) is 6.03. The Bertz CT molecular complexity index is 154. The standard InChI is InChI=1S/C7H16N4S2/c8-6(9)12-4-2-1-3-5-13-7(10)11/h1-5H2,(H3,8,9)(H3,10,11). The minimum Gasteiger partial charge on any atom is -0.379 e. The normalized spacial score (nSPS) is 9.85. The van der Waals surface area contributed by atoms with Gasteiger partial charge in [0.2, 0.25) is 0 Å². The van der Waals surface area contributed by atoms with Crippen molar-refractivity contribution in [3.63, 3.8) is 0 Å². The largest absolute Gasteiger partial charge is 0.379 e. The van der Waals surface area contributed by atoms with Crippen LogP contribution < -0.4 is 11.5 Å². The maximum absolute atomic E-state index is 6.96. The van der Waals surface area contributed by atoms with E-state index in [0.717, 1.165) is 30.8 Å². The summed E-state index contributed by atoms with van der Waals surface area (Å²) in [7, 11) is 0. The second-order valence-electron chi connectivity index (χ2n) is 2.49. The zero-order valence-electron chi connectivity index (χ0n) is 7.51. The molecule has 0 bridgehead atoms. The smallest absolute Gasteiger partial charge is 0.151 e. The van der Waals surface area contributed by atoms with E-state index < -0.39 is 0 Å². The molecule has 0 unspecified atom stereocenters. The maximum atomic E-state index is 6.96. The molecule has 13 heavy (non-hydrogen) atoms. The summed E-state index contributed by atoms with van der Waals surface area (Å²) in [4.78, 5) is 0. The Labute approximate surface area is 87.2 Å². The van der Waals surface area contributed by atoms with E-state index in [1.165, 1.54) is 23.5 Å². The molecule has 0 radical (unpaired) electrons. The summed E-state index contributed by atoms with van der Waals surface area (Å²) < 4.78 is 0. The van der Waals surface area contributed by atoms with Crippen molar-refractivity contribution >= 4 is 33.9 Å². The van der Waals surface area contributed by atoms with Crippen molar-refractivity contribution in [1.29, 1.82) is 10.8 Å². The van der Waals surface area contributed by atoms with Crippen molar-refractivity contribution < 1.29 is 0 Å². The van der Waals surface area contributed by atoms with Crippen molar-refractivity contribution in [3.05, 3.63) is 0 Å². The van der Waals surface area contributed by atoms with Gasteiger partial charge in [-0.2, -0.15) is 0 Å². The molecule has 0 spiro atoms. The molecule has 0 aromatic rings. The quantitative estimate of drug-likeness (QED) is 0.309. The third-order valence-corrected chi connectivity index (χ3v) is 2.91. The SMILES string of the molecule is N=C(N)SCCCCCSC(=N)N. The van der Waals surface area contributed by atoms with E-state index in [1.807, 2.05) is 0 Å². The highest BCUT2D eigenvalue weighted by Crippen LogP contribution is 2.08. The second kappa shape index (κ2) is 8.25. The molecule has 0 aromatic heterocycles. The fraction of sp³-hybridized carbons (Fsp3) is 0.714. The first-order chi connectivity index (χ1) is 6.13. The number of rotatable bonds is 6. The van der Waals surface area contributed by atoms with E-state index in [0.29, 0.717) is 0 Å². The average molecular weight is 220 g/mol. The predicted molar refractivity (Wildman–Crippen MR) is 62.6 cm³/mol. The molecular weight excluding hydrogens is 204 g/mol. The molecule has 0 saturated heterocycles. The summed E-state index contributed by atoms with van der Waals surface area (Å²) in [5.74, 6) is 1.83. The minimum absolute atomic E-state index is 0.193. The van der Waals surface area contributed by atoms with Crippen LogP contribution in [0.25, 0.3) is 0 Å². The predicted octanol–water partition coefficient (Wildman–Crippen LogP) is 1.41. The molecule has 0 amide bonds. The highest BCUT2D eigenvalue weighted by atomic mass is 32.2. The third kappa shape index (κ3) is 11.6. The Hall–Kier alpha value is -0.360.